The van der Waals surface area contributed by atoms with Crippen LogP contribution in [-0.4, -0.2) is 62.6 Å². The SMILES string of the molecule is COc1cccc(SCC(=O)N2CCN(S(=O)(=O)c3ccc(C)c(C)c3)CC2)c1. The molecule has 1 saturated heterocycles. The molecule has 0 N–H and O–H groups in total. The average Bonchev–Trinajstić information content (AvgIpc) is 2.74. The molecule has 0 saturated carbocycles. The van der Waals surface area contributed by atoms with Gasteiger partial charge >= 0.3 is 0 Å². The van der Waals surface area contributed by atoms with Gasteiger partial charge in [0.05, 0.1) is 17.8 Å². The summed E-state index contributed by atoms with van der Waals surface area (Å²) < 4.78 is 32.5. The number of methoxy groups -OCH3 is 1. The minimum Gasteiger partial charge on any atom is -0.497 e. The molecular formula is C21H26N2O4S2. The van der Waals surface area contributed by atoms with Crippen LogP contribution in [0.4, 0.5) is 0 Å². The molecule has 6 nitrogen and oxygen atoms in total. The Kier molecular flexibility index (Phi) is 6.87. The number of aryl methyl sites for hydroxylation is 2. The maximum atomic E-state index is 12.9. The van der Waals surface area contributed by atoms with Crippen LogP contribution in [-0.2, 0) is 14.8 Å². The Bertz CT molecular complexity index is 984. The van der Waals surface area contributed by atoms with E-state index in [0.717, 1.165) is 21.8 Å². The van der Waals surface area contributed by atoms with Gasteiger partial charge in [-0.15, -0.1) is 11.8 Å². The first-order valence-corrected chi connectivity index (χ1v) is 11.9. The van der Waals surface area contributed by atoms with Crippen molar-refractivity contribution in [3.63, 3.8) is 0 Å². The van der Waals surface area contributed by atoms with Crippen LogP contribution in [0.5, 0.6) is 5.75 Å². The molecule has 0 aromatic heterocycles. The third-order valence-corrected chi connectivity index (χ3v) is 7.98. The highest BCUT2D eigenvalue weighted by atomic mass is 32.2. The molecule has 1 amide bonds. The molecule has 8 heteroatoms. The fourth-order valence-electron chi connectivity index (χ4n) is 3.13. The predicted molar refractivity (Wildman–Crippen MR) is 115 cm³/mol. The van der Waals surface area contributed by atoms with Crippen molar-refractivity contribution in [2.45, 2.75) is 23.6 Å². The van der Waals surface area contributed by atoms with Gasteiger partial charge in [0, 0.05) is 31.1 Å². The number of thioether (sulfide) groups is 1. The molecule has 2 aromatic carbocycles. The molecule has 0 spiro atoms. The van der Waals surface area contributed by atoms with Gasteiger partial charge < -0.3 is 9.64 Å². The normalized spacial score (nSPS) is 15.3. The Balaban J connectivity index is 1.56. The summed E-state index contributed by atoms with van der Waals surface area (Å²) in [5.41, 5.74) is 2.02. The van der Waals surface area contributed by atoms with Gasteiger partial charge in [0.1, 0.15) is 5.75 Å². The van der Waals surface area contributed by atoms with Gasteiger partial charge in [0.25, 0.3) is 0 Å². The lowest BCUT2D eigenvalue weighted by Crippen LogP contribution is -2.50. The second-order valence-corrected chi connectivity index (χ2v) is 9.99. The number of carbonyl (C=O) groups excluding carboxylic acids is 1. The molecule has 1 aliphatic heterocycles. The molecule has 2 aromatic rings. The number of carbonyl (C=O) groups is 1. The molecular weight excluding hydrogens is 408 g/mol. The van der Waals surface area contributed by atoms with E-state index in [1.807, 2.05) is 44.2 Å². The maximum absolute atomic E-state index is 12.9. The smallest absolute Gasteiger partial charge is 0.243 e. The summed E-state index contributed by atoms with van der Waals surface area (Å²) in [5.74, 6) is 1.09. The van der Waals surface area contributed by atoms with E-state index < -0.39 is 10.0 Å². The first kappa shape index (κ1) is 21.7. The zero-order valence-corrected chi connectivity index (χ0v) is 18.6. The molecule has 1 fully saturated rings. The van der Waals surface area contributed by atoms with E-state index in [0.29, 0.717) is 36.8 Å². The van der Waals surface area contributed by atoms with Crippen LogP contribution in [0.25, 0.3) is 0 Å². The van der Waals surface area contributed by atoms with Crippen LogP contribution in [0.2, 0.25) is 0 Å². The average molecular weight is 435 g/mol. The number of piperazine rings is 1. The van der Waals surface area contributed by atoms with Gasteiger partial charge in [-0.25, -0.2) is 8.42 Å². The molecule has 156 valence electrons. The highest BCUT2D eigenvalue weighted by Gasteiger charge is 2.30. The van der Waals surface area contributed by atoms with Crippen molar-refractivity contribution in [1.29, 1.82) is 0 Å². The fourth-order valence-corrected chi connectivity index (χ4v) is 5.48. The highest BCUT2D eigenvalue weighted by molar-refractivity contribution is 8.00. The lowest BCUT2D eigenvalue weighted by atomic mass is 10.1. The Labute approximate surface area is 176 Å². The second kappa shape index (κ2) is 9.19. The second-order valence-electron chi connectivity index (χ2n) is 7.00. The standard InChI is InChI=1S/C21H26N2O4S2/c1-16-7-8-20(13-17(16)2)29(25,26)23-11-9-22(10-12-23)21(24)15-28-19-6-4-5-18(14-19)27-3/h4-8,13-14H,9-12,15H2,1-3H3. The van der Waals surface area contributed by atoms with Crippen molar-refractivity contribution < 1.29 is 17.9 Å². The summed E-state index contributed by atoms with van der Waals surface area (Å²) >= 11 is 1.45. The van der Waals surface area contributed by atoms with Crippen molar-refractivity contribution in [2.24, 2.45) is 0 Å². The molecule has 0 aliphatic carbocycles. The molecule has 0 atom stereocenters. The van der Waals surface area contributed by atoms with Gasteiger partial charge in [-0.1, -0.05) is 12.1 Å². The van der Waals surface area contributed by atoms with E-state index in [1.54, 1.807) is 24.1 Å². The van der Waals surface area contributed by atoms with Crippen LogP contribution < -0.4 is 4.74 Å². The molecule has 0 unspecified atom stereocenters. The molecule has 1 heterocycles. The van der Waals surface area contributed by atoms with Crippen molar-refractivity contribution in [1.82, 2.24) is 9.21 Å². The van der Waals surface area contributed by atoms with Crippen LogP contribution in [0, 0.1) is 13.8 Å². The quantitative estimate of drug-likeness (QED) is 0.654. The number of sulfonamides is 1. The largest absolute Gasteiger partial charge is 0.497 e. The lowest BCUT2D eigenvalue weighted by molar-refractivity contribution is -0.129. The number of nitrogens with zero attached hydrogens (tertiary/aromatic N) is 2. The Morgan fingerprint density at radius 3 is 2.41 bits per heavy atom. The van der Waals surface area contributed by atoms with E-state index in [9.17, 15) is 13.2 Å². The minimum absolute atomic E-state index is 0.0149. The molecule has 0 radical (unpaired) electrons. The van der Waals surface area contributed by atoms with E-state index >= 15 is 0 Å². The van der Waals surface area contributed by atoms with E-state index in [1.165, 1.54) is 16.1 Å². The summed E-state index contributed by atoms with van der Waals surface area (Å²) in [4.78, 5) is 15.6. The number of hydrogen-bond acceptors (Lipinski definition) is 5. The van der Waals surface area contributed by atoms with Crippen molar-refractivity contribution >= 4 is 27.7 Å². The van der Waals surface area contributed by atoms with Crippen LogP contribution in [0.1, 0.15) is 11.1 Å². The van der Waals surface area contributed by atoms with Crippen molar-refractivity contribution in [3.8, 4) is 5.75 Å². The predicted octanol–water partition coefficient (Wildman–Crippen LogP) is 2.94. The summed E-state index contributed by atoms with van der Waals surface area (Å²) in [6, 6.07) is 12.8. The monoisotopic (exact) mass is 434 g/mol. The third-order valence-electron chi connectivity index (χ3n) is 5.11. The molecule has 3 rings (SSSR count). The van der Waals surface area contributed by atoms with E-state index in [-0.39, 0.29) is 5.91 Å². The van der Waals surface area contributed by atoms with E-state index in [2.05, 4.69) is 0 Å². The van der Waals surface area contributed by atoms with Gasteiger partial charge in [0.15, 0.2) is 0 Å². The maximum Gasteiger partial charge on any atom is 0.243 e. The Hall–Kier alpha value is -2.03. The fraction of sp³-hybridized carbons (Fsp3) is 0.381. The topological polar surface area (TPSA) is 66.9 Å². The molecule has 1 aliphatic rings. The summed E-state index contributed by atoms with van der Waals surface area (Å²) in [5, 5.41) is 0. The van der Waals surface area contributed by atoms with Gasteiger partial charge in [-0.3, -0.25) is 4.79 Å². The summed E-state index contributed by atoms with van der Waals surface area (Å²) in [6.07, 6.45) is 0. The number of hydrogen-bond donors (Lipinski definition) is 0. The molecule has 29 heavy (non-hydrogen) atoms. The van der Waals surface area contributed by atoms with Gasteiger partial charge in [-0.05, 0) is 55.3 Å². The number of rotatable bonds is 6. The summed E-state index contributed by atoms with van der Waals surface area (Å²) in [6.45, 7) is 5.30. The Morgan fingerprint density at radius 1 is 1.03 bits per heavy atom. The van der Waals surface area contributed by atoms with Crippen molar-refractivity contribution in [2.75, 3.05) is 39.0 Å². The number of benzene rings is 2. The van der Waals surface area contributed by atoms with Gasteiger partial charge in [0.2, 0.25) is 15.9 Å². The van der Waals surface area contributed by atoms with Crippen LogP contribution in [0.15, 0.2) is 52.3 Å². The first-order chi connectivity index (χ1) is 13.8. The highest BCUT2D eigenvalue weighted by Crippen LogP contribution is 2.24. The zero-order valence-electron chi connectivity index (χ0n) is 16.9. The third kappa shape index (κ3) is 5.12. The van der Waals surface area contributed by atoms with Crippen LogP contribution >= 0.6 is 11.8 Å². The number of amides is 1. The summed E-state index contributed by atoms with van der Waals surface area (Å²) in [7, 11) is -1.93. The number of ether oxygens (including phenoxy) is 1. The van der Waals surface area contributed by atoms with Crippen LogP contribution in [0.3, 0.4) is 0 Å². The minimum atomic E-state index is -3.54. The molecule has 0 bridgehead atoms. The van der Waals surface area contributed by atoms with Crippen molar-refractivity contribution in [3.05, 3.63) is 53.6 Å². The van der Waals surface area contributed by atoms with E-state index in [4.69, 9.17) is 4.74 Å². The lowest BCUT2D eigenvalue weighted by Gasteiger charge is -2.34. The Morgan fingerprint density at radius 2 is 1.76 bits per heavy atom. The first-order valence-electron chi connectivity index (χ1n) is 9.43. The van der Waals surface area contributed by atoms with Gasteiger partial charge in [-0.2, -0.15) is 4.31 Å². The zero-order chi connectivity index (χ0) is 21.0.